The maximum Gasteiger partial charge on any atom is 0.242 e. The van der Waals surface area contributed by atoms with Gasteiger partial charge in [-0.15, -0.1) is 0 Å². The summed E-state index contributed by atoms with van der Waals surface area (Å²) < 4.78 is 0. The van der Waals surface area contributed by atoms with Gasteiger partial charge in [-0.1, -0.05) is 37.3 Å². The monoisotopic (exact) mass is 337 g/mol. The van der Waals surface area contributed by atoms with Crippen LogP contribution in [0.4, 0.5) is 0 Å². The molecule has 0 bridgehead atoms. The lowest BCUT2D eigenvalue weighted by molar-refractivity contribution is -0.128. The molecular weight excluding hydrogens is 310 g/mol. The number of thioether (sulfide) groups is 1. The fourth-order valence-corrected chi connectivity index (χ4v) is 2.48. The zero-order chi connectivity index (χ0) is 17.1. The Kier molecular flexibility index (Phi) is 9.40. The van der Waals surface area contributed by atoms with Crippen LogP contribution in [0.5, 0.6) is 0 Å². The fourth-order valence-electron chi connectivity index (χ4n) is 2.01. The van der Waals surface area contributed by atoms with E-state index in [9.17, 15) is 9.59 Å². The summed E-state index contributed by atoms with van der Waals surface area (Å²) in [6.07, 6.45) is 2.88. The predicted molar refractivity (Wildman–Crippen MR) is 96.3 cm³/mol. The van der Waals surface area contributed by atoms with Gasteiger partial charge in [0.15, 0.2) is 0 Å². The molecule has 0 heterocycles. The fraction of sp³-hybridized carbons (Fsp3) is 0.529. The van der Waals surface area contributed by atoms with E-state index in [1.54, 1.807) is 11.8 Å². The first-order chi connectivity index (χ1) is 11.1. The van der Waals surface area contributed by atoms with E-state index in [0.29, 0.717) is 19.5 Å². The van der Waals surface area contributed by atoms with Crippen molar-refractivity contribution in [2.24, 2.45) is 11.7 Å². The van der Waals surface area contributed by atoms with E-state index < -0.39 is 6.04 Å². The van der Waals surface area contributed by atoms with E-state index in [2.05, 4.69) is 10.6 Å². The van der Waals surface area contributed by atoms with Crippen LogP contribution in [-0.4, -0.2) is 43.0 Å². The Balaban J connectivity index is 2.55. The molecule has 2 unspecified atom stereocenters. The van der Waals surface area contributed by atoms with Gasteiger partial charge in [-0.25, -0.2) is 0 Å². The lowest BCUT2D eigenvalue weighted by atomic mass is 10.1. The summed E-state index contributed by atoms with van der Waals surface area (Å²) in [5, 5.41) is 5.71. The van der Waals surface area contributed by atoms with Crippen molar-refractivity contribution >= 4 is 23.6 Å². The van der Waals surface area contributed by atoms with Crippen LogP contribution in [0.2, 0.25) is 0 Å². The number of nitrogens with one attached hydrogen (secondary N) is 2. The molecule has 4 N–H and O–H groups in total. The molecule has 0 saturated heterocycles. The molecule has 0 fully saturated rings. The number of hydrogen-bond donors (Lipinski definition) is 3. The SMILES string of the molecule is CSCCC(NC(=O)Cc1ccccc1)C(=O)NCC(C)CN. The van der Waals surface area contributed by atoms with Crippen molar-refractivity contribution in [2.75, 3.05) is 25.1 Å². The van der Waals surface area contributed by atoms with Crippen LogP contribution in [0.25, 0.3) is 0 Å². The molecule has 1 aromatic carbocycles. The third kappa shape index (κ3) is 8.04. The van der Waals surface area contributed by atoms with Gasteiger partial charge in [0.05, 0.1) is 6.42 Å². The number of rotatable bonds is 10. The minimum Gasteiger partial charge on any atom is -0.354 e. The maximum atomic E-state index is 12.3. The van der Waals surface area contributed by atoms with E-state index >= 15 is 0 Å². The highest BCUT2D eigenvalue weighted by Crippen LogP contribution is 2.04. The number of hydrogen-bond acceptors (Lipinski definition) is 4. The highest BCUT2D eigenvalue weighted by molar-refractivity contribution is 7.98. The maximum absolute atomic E-state index is 12.3. The molecule has 6 heteroatoms. The first-order valence-electron chi connectivity index (χ1n) is 7.86. The summed E-state index contributed by atoms with van der Waals surface area (Å²) in [6.45, 7) is 3.03. The van der Waals surface area contributed by atoms with Crippen molar-refractivity contribution in [2.45, 2.75) is 25.8 Å². The summed E-state index contributed by atoms with van der Waals surface area (Å²) in [6, 6.07) is 9.01. The Bertz CT molecular complexity index is 482. The van der Waals surface area contributed by atoms with Crippen molar-refractivity contribution in [3.05, 3.63) is 35.9 Å². The van der Waals surface area contributed by atoms with Crippen LogP contribution >= 0.6 is 11.8 Å². The van der Waals surface area contributed by atoms with E-state index in [1.807, 2.05) is 43.5 Å². The summed E-state index contributed by atoms with van der Waals surface area (Å²) >= 11 is 1.66. The second-order valence-corrected chi connectivity index (χ2v) is 6.64. The van der Waals surface area contributed by atoms with Crippen LogP contribution in [0.3, 0.4) is 0 Å². The van der Waals surface area contributed by atoms with E-state index in [4.69, 9.17) is 5.73 Å². The minimum atomic E-state index is -0.497. The van der Waals surface area contributed by atoms with E-state index in [1.165, 1.54) is 0 Å². The molecule has 0 aliphatic heterocycles. The Hall–Kier alpha value is -1.53. The van der Waals surface area contributed by atoms with Gasteiger partial charge in [0.2, 0.25) is 11.8 Å². The highest BCUT2D eigenvalue weighted by Gasteiger charge is 2.20. The Morgan fingerprint density at radius 2 is 1.96 bits per heavy atom. The Morgan fingerprint density at radius 1 is 1.26 bits per heavy atom. The standard InChI is InChI=1S/C17H27N3O2S/c1-13(11-18)12-19-17(22)15(8-9-23-2)20-16(21)10-14-6-4-3-5-7-14/h3-7,13,15H,8-12,18H2,1-2H3,(H,19,22)(H,20,21). The van der Waals surface area contributed by atoms with Crippen LogP contribution in [0, 0.1) is 5.92 Å². The zero-order valence-corrected chi connectivity index (χ0v) is 14.7. The van der Waals surface area contributed by atoms with Crippen molar-refractivity contribution in [3.63, 3.8) is 0 Å². The van der Waals surface area contributed by atoms with Gasteiger partial charge in [0.1, 0.15) is 6.04 Å². The molecule has 0 saturated carbocycles. The summed E-state index contributed by atoms with van der Waals surface area (Å²) in [4.78, 5) is 24.4. The average molecular weight is 337 g/mol. The van der Waals surface area contributed by atoms with Crippen LogP contribution in [0.15, 0.2) is 30.3 Å². The van der Waals surface area contributed by atoms with Crippen molar-refractivity contribution in [1.82, 2.24) is 10.6 Å². The molecule has 2 amide bonds. The molecule has 0 aliphatic rings. The van der Waals surface area contributed by atoms with E-state index in [0.717, 1.165) is 11.3 Å². The van der Waals surface area contributed by atoms with Gasteiger partial charge in [-0.05, 0) is 36.5 Å². The molecule has 0 aromatic heterocycles. The molecule has 5 nitrogen and oxygen atoms in total. The Labute approximate surface area is 142 Å². The highest BCUT2D eigenvalue weighted by atomic mass is 32.2. The summed E-state index contributed by atoms with van der Waals surface area (Å²) in [5.74, 6) is 0.765. The molecule has 0 radical (unpaired) electrons. The quantitative estimate of drug-likeness (QED) is 0.598. The number of carbonyl (C=O) groups is 2. The van der Waals surface area contributed by atoms with Gasteiger partial charge >= 0.3 is 0 Å². The Morgan fingerprint density at radius 3 is 2.57 bits per heavy atom. The lowest BCUT2D eigenvalue weighted by Crippen LogP contribution is -2.48. The van der Waals surface area contributed by atoms with Crippen molar-refractivity contribution in [3.8, 4) is 0 Å². The smallest absolute Gasteiger partial charge is 0.242 e. The van der Waals surface area contributed by atoms with Gasteiger partial charge < -0.3 is 16.4 Å². The third-order valence-electron chi connectivity index (χ3n) is 3.50. The molecule has 23 heavy (non-hydrogen) atoms. The first-order valence-corrected chi connectivity index (χ1v) is 9.26. The number of benzene rings is 1. The molecule has 1 aromatic rings. The van der Waals surface area contributed by atoms with Gasteiger partial charge in [-0.3, -0.25) is 9.59 Å². The first kappa shape index (κ1) is 19.5. The molecule has 0 spiro atoms. The number of amides is 2. The molecular formula is C17H27N3O2S. The topological polar surface area (TPSA) is 84.2 Å². The minimum absolute atomic E-state index is 0.135. The van der Waals surface area contributed by atoms with Crippen LogP contribution in [0.1, 0.15) is 18.9 Å². The number of carbonyl (C=O) groups excluding carboxylic acids is 2. The van der Waals surface area contributed by atoms with Gasteiger partial charge in [0, 0.05) is 6.54 Å². The average Bonchev–Trinajstić information content (AvgIpc) is 2.56. The second-order valence-electron chi connectivity index (χ2n) is 5.65. The second kappa shape index (κ2) is 11.1. The summed E-state index contributed by atoms with van der Waals surface area (Å²) in [5.41, 5.74) is 6.49. The molecule has 2 atom stereocenters. The molecule has 128 valence electrons. The zero-order valence-electron chi connectivity index (χ0n) is 13.9. The molecule has 1 rings (SSSR count). The van der Waals surface area contributed by atoms with Crippen molar-refractivity contribution in [1.29, 1.82) is 0 Å². The van der Waals surface area contributed by atoms with Gasteiger partial charge in [0.25, 0.3) is 0 Å². The van der Waals surface area contributed by atoms with Crippen molar-refractivity contribution < 1.29 is 9.59 Å². The van der Waals surface area contributed by atoms with Crippen LogP contribution in [-0.2, 0) is 16.0 Å². The lowest BCUT2D eigenvalue weighted by Gasteiger charge is -2.19. The van der Waals surface area contributed by atoms with E-state index in [-0.39, 0.29) is 24.2 Å². The van der Waals surface area contributed by atoms with Crippen LogP contribution < -0.4 is 16.4 Å². The van der Waals surface area contributed by atoms with Gasteiger partial charge in [-0.2, -0.15) is 11.8 Å². The largest absolute Gasteiger partial charge is 0.354 e. The predicted octanol–water partition coefficient (Wildman–Crippen LogP) is 1.18. The normalized spacial score (nSPS) is 13.2. The number of nitrogens with two attached hydrogens (primary N) is 1. The third-order valence-corrected chi connectivity index (χ3v) is 4.14. The summed E-state index contributed by atoms with van der Waals surface area (Å²) in [7, 11) is 0. The molecule has 0 aliphatic carbocycles.